The smallest absolute Gasteiger partial charge is 0.273 e. The first-order valence-corrected chi connectivity index (χ1v) is 8.42. The van der Waals surface area contributed by atoms with E-state index in [9.17, 15) is 9.59 Å². The van der Waals surface area contributed by atoms with Gasteiger partial charge in [0.1, 0.15) is 16.5 Å². The molecule has 3 heterocycles. The van der Waals surface area contributed by atoms with Crippen LogP contribution in [0.25, 0.3) is 10.6 Å². The van der Waals surface area contributed by atoms with Crippen LogP contribution in [0.3, 0.4) is 0 Å². The van der Waals surface area contributed by atoms with Crippen molar-refractivity contribution in [3.63, 3.8) is 0 Å². The molecule has 0 aliphatic heterocycles. The summed E-state index contributed by atoms with van der Waals surface area (Å²) >= 11 is 1.44. The van der Waals surface area contributed by atoms with Crippen molar-refractivity contribution >= 4 is 23.2 Å². The number of hydrogen-bond acceptors (Lipinski definition) is 6. The highest BCUT2D eigenvalue weighted by molar-refractivity contribution is 7.13. The van der Waals surface area contributed by atoms with Crippen molar-refractivity contribution in [3.05, 3.63) is 58.8 Å². The average molecular weight is 356 g/mol. The minimum atomic E-state index is -0.419. The average Bonchev–Trinajstić information content (AvgIpc) is 3.19. The third-order valence-corrected chi connectivity index (χ3v) is 4.34. The van der Waals surface area contributed by atoms with Crippen LogP contribution in [-0.2, 0) is 11.2 Å². The summed E-state index contributed by atoms with van der Waals surface area (Å²) in [6.45, 7) is 3.45. The number of amides is 2. The van der Waals surface area contributed by atoms with E-state index in [1.54, 1.807) is 32.3 Å². The summed E-state index contributed by atoms with van der Waals surface area (Å²) < 4.78 is 5.30. The second-order valence-electron chi connectivity index (χ2n) is 5.39. The first-order valence-electron chi connectivity index (χ1n) is 7.54. The fraction of sp³-hybridized carbons (Fsp3) is 0.176. The maximum atomic E-state index is 12.0. The number of pyridine rings is 1. The molecular weight excluding hydrogens is 340 g/mol. The summed E-state index contributed by atoms with van der Waals surface area (Å²) in [6, 6.07) is 5.36. The van der Waals surface area contributed by atoms with Crippen molar-refractivity contribution in [1.82, 2.24) is 20.8 Å². The number of furan rings is 1. The highest BCUT2D eigenvalue weighted by Crippen LogP contribution is 2.22. The number of thiazole rings is 1. The molecule has 0 aliphatic carbocycles. The molecule has 128 valence electrons. The number of nitrogens with one attached hydrogen (secondary N) is 2. The summed E-state index contributed by atoms with van der Waals surface area (Å²) in [4.78, 5) is 32.5. The summed E-state index contributed by atoms with van der Waals surface area (Å²) in [5.74, 6) is 0.371. The fourth-order valence-corrected chi connectivity index (χ4v) is 3.08. The van der Waals surface area contributed by atoms with Gasteiger partial charge in [-0.05, 0) is 32.0 Å². The van der Waals surface area contributed by atoms with Crippen molar-refractivity contribution in [1.29, 1.82) is 0 Å². The van der Waals surface area contributed by atoms with E-state index in [0.29, 0.717) is 22.8 Å². The largest absolute Gasteiger partial charge is 0.466 e. The van der Waals surface area contributed by atoms with Gasteiger partial charge in [0, 0.05) is 23.3 Å². The monoisotopic (exact) mass is 356 g/mol. The van der Waals surface area contributed by atoms with Gasteiger partial charge in [0.15, 0.2) is 0 Å². The lowest BCUT2D eigenvalue weighted by Gasteiger charge is -2.05. The van der Waals surface area contributed by atoms with Crippen LogP contribution in [-0.4, -0.2) is 21.8 Å². The van der Waals surface area contributed by atoms with Crippen LogP contribution in [0.4, 0.5) is 0 Å². The Hall–Kier alpha value is -3.00. The lowest BCUT2D eigenvalue weighted by molar-refractivity contribution is -0.121. The molecule has 0 bridgehead atoms. The van der Waals surface area contributed by atoms with Crippen LogP contribution < -0.4 is 10.9 Å². The molecule has 0 fully saturated rings. The highest BCUT2D eigenvalue weighted by atomic mass is 32.1. The van der Waals surface area contributed by atoms with Crippen molar-refractivity contribution < 1.29 is 14.0 Å². The molecule has 0 saturated carbocycles. The molecule has 7 nitrogen and oxygen atoms in total. The number of hydrogen-bond donors (Lipinski definition) is 2. The zero-order valence-corrected chi connectivity index (χ0v) is 14.5. The van der Waals surface area contributed by atoms with E-state index >= 15 is 0 Å². The van der Waals surface area contributed by atoms with Gasteiger partial charge in [0.25, 0.3) is 5.91 Å². The number of aryl methyl sites for hydroxylation is 2. The van der Waals surface area contributed by atoms with E-state index in [1.807, 2.05) is 17.5 Å². The molecule has 0 saturated heterocycles. The molecule has 0 aliphatic rings. The predicted molar refractivity (Wildman–Crippen MR) is 92.8 cm³/mol. The molecule has 0 aromatic carbocycles. The first-order chi connectivity index (χ1) is 12.0. The molecular formula is C17H16N4O3S. The summed E-state index contributed by atoms with van der Waals surface area (Å²) in [5, 5.41) is 2.61. The van der Waals surface area contributed by atoms with Gasteiger partial charge in [-0.15, -0.1) is 11.3 Å². The minimum absolute atomic E-state index is 0.0699. The number of nitrogens with zero attached hydrogens (tertiary/aromatic N) is 2. The number of aromatic nitrogens is 2. The van der Waals surface area contributed by atoms with Gasteiger partial charge in [-0.1, -0.05) is 0 Å². The molecule has 2 N–H and O–H groups in total. The standard InChI is InChI=1S/C17H16N4O3S/c1-10-6-14(11(2)24-10)16(23)21-20-15(22)7-13-9-25-17(19-13)12-4-3-5-18-8-12/h3-6,8-9H,7H2,1-2H3,(H,20,22)(H,21,23). The molecule has 25 heavy (non-hydrogen) atoms. The summed E-state index contributed by atoms with van der Waals surface area (Å²) in [5.41, 5.74) is 6.69. The van der Waals surface area contributed by atoms with E-state index in [4.69, 9.17) is 4.42 Å². The first kappa shape index (κ1) is 16.8. The van der Waals surface area contributed by atoms with Gasteiger partial charge in [0.2, 0.25) is 5.91 Å². The van der Waals surface area contributed by atoms with Crippen molar-refractivity contribution in [2.75, 3.05) is 0 Å². The Morgan fingerprint density at radius 2 is 2.12 bits per heavy atom. The van der Waals surface area contributed by atoms with E-state index in [0.717, 1.165) is 10.6 Å². The Morgan fingerprint density at radius 3 is 2.80 bits per heavy atom. The van der Waals surface area contributed by atoms with Gasteiger partial charge in [-0.25, -0.2) is 4.98 Å². The van der Waals surface area contributed by atoms with Crippen LogP contribution in [0.1, 0.15) is 27.6 Å². The third kappa shape index (κ3) is 4.10. The van der Waals surface area contributed by atoms with E-state index < -0.39 is 5.91 Å². The fourth-order valence-electron chi connectivity index (χ4n) is 2.27. The SMILES string of the molecule is Cc1cc(C(=O)NNC(=O)Cc2csc(-c3cccnc3)n2)c(C)o1. The molecule has 3 aromatic heterocycles. The Bertz CT molecular complexity index is 902. The maximum absolute atomic E-state index is 12.0. The number of rotatable bonds is 4. The lowest BCUT2D eigenvalue weighted by atomic mass is 10.2. The van der Waals surface area contributed by atoms with Crippen LogP contribution in [0.5, 0.6) is 0 Å². The van der Waals surface area contributed by atoms with Crippen LogP contribution in [0, 0.1) is 13.8 Å². The van der Waals surface area contributed by atoms with Crippen molar-refractivity contribution in [2.45, 2.75) is 20.3 Å². The molecule has 0 spiro atoms. The van der Waals surface area contributed by atoms with Crippen LogP contribution >= 0.6 is 11.3 Å². The van der Waals surface area contributed by atoms with E-state index in [-0.39, 0.29) is 12.3 Å². The summed E-state index contributed by atoms with van der Waals surface area (Å²) in [7, 11) is 0. The summed E-state index contributed by atoms with van der Waals surface area (Å²) in [6.07, 6.45) is 3.48. The number of carbonyl (C=O) groups is 2. The van der Waals surface area contributed by atoms with Gasteiger partial charge >= 0.3 is 0 Å². The molecule has 3 aromatic rings. The minimum Gasteiger partial charge on any atom is -0.466 e. The van der Waals surface area contributed by atoms with Crippen LogP contribution in [0.2, 0.25) is 0 Å². The lowest BCUT2D eigenvalue weighted by Crippen LogP contribution is -2.42. The second kappa shape index (κ2) is 7.27. The number of carbonyl (C=O) groups excluding carboxylic acids is 2. The van der Waals surface area contributed by atoms with E-state index in [2.05, 4.69) is 20.8 Å². The van der Waals surface area contributed by atoms with Gasteiger partial charge in [-0.2, -0.15) is 0 Å². The normalized spacial score (nSPS) is 10.5. The molecule has 8 heteroatoms. The highest BCUT2D eigenvalue weighted by Gasteiger charge is 2.15. The zero-order chi connectivity index (χ0) is 17.8. The van der Waals surface area contributed by atoms with Crippen LogP contribution in [0.15, 0.2) is 40.4 Å². The van der Waals surface area contributed by atoms with Gasteiger partial charge in [0.05, 0.1) is 17.7 Å². The van der Waals surface area contributed by atoms with Crippen molar-refractivity contribution in [2.24, 2.45) is 0 Å². The Kier molecular flexibility index (Phi) is 4.90. The molecule has 3 rings (SSSR count). The quantitative estimate of drug-likeness (QED) is 0.700. The van der Waals surface area contributed by atoms with Gasteiger partial charge in [-0.3, -0.25) is 25.4 Å². The molecule has 0 radical (unpaired) electrons. The molecule has 2 amide bonds. The second-order valence-corrected chi connectivity index (χ2v) is 6.25. The zero-order valence-electron chi connectivity index (χ0n) is 13.7. The van der Waals surface area contributed by atoms with Gasteiger partial charge < -0.3 is 4.42 Å². The Labute approximate surface area is 148 Å². The third-order valence-electron chi connectivity index (χ3n) is 3.40. The number of hydrazine groups is 1. The topological polar surface area (TPSA) is 97.1 Å². The van der Waals surface area contributed by atoms with Crippen molar-refractivity contribution in [3.8, 4) is 10.6 Å². The molecule has 0 unspecified atom stereocenters. The Morgan fingerprint density at radius 1 is 1.28 bits per heavy atom. The van der Waals surface area contributed by atoms with E-state index in [1.165, 1.54) is 11.3 Å². The predicted octanol–water partition coefficient (Wildman–Crippen LogP) is 2.42. The molecule has 0 atom stereocenters. The Balaban J connectivity index is 1.55. The maximum Gasteiger partial charge on any atom is 0.273 e.